The van der Waals surface area contributed by atoms with Crippen molar-refractivity contribution in [3.8, 4) is 0 Å². The summed E-state index contributed by atoms with van der Waals surface area (Å²) in [6.45, 7) is 0. The molecule has 0 N–H and O–H groups in total. The third-order valence-electron chi connectivity index (χ3n) is 5.28. The van der Waals surface area contributed by atoms with Crippen LogP contribution < -0.4 is 5.30 Å². The van der Waals surface area contributed by atoms with Gasteiger partial charge in [0.25, 0.3) is 0 Å². The lowest BCUT2D eigenvalue weighted by Crippen LogP contribution is -2.27. The van der Waals surface area contributed by atoms with Crippen LogP contribution in [0, 0.1) is 0 Å². The second kappa shape index (κ2) is 10.4. The first kappa shape index (κ1) is 21.4. The molecule has 3 rings (SSSR count). The highest BCUT2D eigenvalue weighted by molar-refractivity contribution is 7.67. The number of halogens is 4. The Morgan fingerprint density at radius 1 is 0.808 bits per heavy atom. The zero-order chi connectivity index (χ0) is 19.0. The van der Waals surface area contributed by atoms with Crippen LogP contribution in [0.25, 0.3) is 0 Å². The maximum atomic E-state index is 11.5. The molecule has 0 atom stereocenters. The summed E-state index contributed by atoms with van der Waals surface area (Å²) in [5.74, 6) is 0. The van der Waals surface area contributed by atoms with Crippen LogP contribution in [0.15, 0.2) is 24.3 Å². The van der Waals surface area contributed by atoms with Gasteiger partial charge in [0, 0.05) is 5.56 Å². The third-order valence-corrected chi connectivity index (χ3v) is 8.85. The predicted molar refractivity (Wildman–Crippen MR) is 102 cm³/mol. The van der Waals surface area contributed by atoms with Crippen LogP contribution in [0.5, 0.6) is 0 Å². The van der Waals surface area contributed by atoms with E-state index in [-0.39, 0.29) is 7.92 Å². The maximum absolute atomic E-state index is 11.5. The average Bonchev–Trinajstić information content (AvgIpc) is 2.63. The number of carbonyl (C=O) groups excluding carboxylic acids is 1. The first-order chi connectivity index (χ1) is 12.4. The Morgan fingerprint density at radius 2 is 1.23 bits per heavy atom. The lowest BCUT2D eigenvalue weighted by Gasteiger charge is -2.39. The summed E-state index contributed by atoms with van der Waals surface area (Å²) >= 11 is 0. The SMILES string of the molecule is F[B-](F)(F)F.O=Cc1ccccc1P(C1CCCCC1)C1CCCCC1. The summed E-state index contributed by atoms with van der Waals surface area (Å²) in [7, 11) is -6.15. The van der Waals surface area contributed by atoms with Gasteiger partial charge in [-0.1, -0.05) is 70.7 Å². The molecule has 0 radical (unpaired) electrons. The first-order valence-corrected chi connectivity index (χ1v) is 11.1. The van der Waals surface area contributed by atoms with Crippen molar-refractivity contribution in [2.75, 3.05) is 0 Å². The van der Waals surface area contributed by atoms with Gasteiger partial charge in [0.15, 0.2) is 6.29 Å². The van der Waals surface area contributed by atoms with Crippen LogP contribution in [0.1, 0.15) is 74.6 Å². The summed E-state index contributed by atoms with van der Waals surface area (Å²) in [5.41, 5.74) is 2.72. The number of aldehydes is 1. The third kappa shape index (κ3) is 7.02. The van der Waals surface area contributed by atoms with E-state index >= 15 is 0 Å². The van der Waals surface area contributed by atoms with E-state index in [2.05, 4.69) is 12.1 Å². The van der Waals surface area contributed by atoms with Gasteiger partial charge in [0.2, 0.25) is 0 Å². The van der Waals surface area contributed by atoms with Gasteiger partial charge in [-0.2, -0.15) is 0 Å². The second-order valence-corrected chi connectivity index (χ2v) is 9.92. The highest BCUT2D eigenvalue weighted by Crippen LogP contribution is 2.55. The number of carbonyl (C=O) groups is 1. The maximum Gasteiger partial charge on any atom is 0.673 e. The minimum Gasteiger partial charge on any atom is -0.418 e. The normalized spacial score (nSPS) is 19.7. The van der Waals surface area contributed by atoms with Crippen molar-refractivity contribution in [2.45, 2.75) is 75.5 Å². The Hall–Kier alpha value is -0.895. The summed E-state index contributed by atoms with van der Waals surface area (Å²) in [6, 6.07) is 8.45. The first-order valence-electron chi connectivity index (χ1n) is 9.60. The van der Waals surface area contributed by atoms with Crippen molar-refractivity contribution in [3.63, 3.8) is 0 Å². The summed E-state index contributed by atoms with van der Waals surface area (Å²) < 4.78 is 39.0. The van der Waals surface area contributed by atoms with Crippen LogP contribution in [0.3, 0.4) is 0 Å². The fourth-order valence-electron chi connectivity index (χ4n) is 4.23. The van der Waals surface area contributed by atoms with E-state index < -0.39 is 7.25 Å². The molecule has 2 aliphatic rings. The standard InChI is InChI=1S/C19H27OP.BF4/c20-15-16-9-7-8-14-19(16)21(17-10-3-1-4-11-17)18-12-5-2-6-13-18;2-1(3,4)5/h7-9,14-15,17-18H,1-6,10-13H2;/q;-1. The van der Waals surface area contributed by atoms with Crippen LogP contribution in [0.4, 0.5) is 17.3 Å². The smallest absolute Gasteiger partial charge is 0.418 e. The van der Waals surface area contributed by atoms with Gasteiger partial charge in [-0.3, -0.25) is 4.79 Å². The van der Waals surface area contributed by atoms with Gasteiger partial charge in [-0.15, -0.1) is 0 Å². The fraction of sp³-hybridized carbons (Fsp3) is 0.632. The van der Waals surface area contributed by atoms with Crippen molar-refractivity contribution < 1.29 is 22.1 Å². The molecule has 1 nitrogen and oxygen atoms in total. The van der Waals surface area contributed by atoms with Crippen molar-refractivity contribution in [2.24, 2.45) is 0 Å². The molecule has 0 aromatic heterocycles. The van der Waals surface area contributed by atoms with Gasteiger partial charge in [-0.05, 0) is 42.3 Å². The molecule has 7 heteroatoms. The highest BCUT2D eigenvalue weighted by atomic mass is 31.1. The molecule has 0 saturated heterocycles. The minimum atomic E-state index is -6.00. The van der Waals surface area contributed by atoms with Crippen LogP contribution in [0.2, 0.25) is 0 Å². The zero-order valence-corrected chi connectivity index (χ0v) is 16.0. The van der Waals surface area contributed by atoms with Crippen molar-refractivity contribution >= 4 is 26.8 Å². The fourth-order valence-corrected chi connectivity index (χ4v) is 8.14. The molecular weight excluding hydrogens is 362 g/mol. The lowest BCUT2D eigenvalue weighted by molar-refractivity contribution is 0.112. The van der Waals surface area contributed by atoms with E-state index in [0.717, 1.165) is 23.2 Å². The summed E-state index contributed by atoms with van der Waals surface area (Å²) in [5, 5.41) is 1.42. The van der Waals surface area contributed by atoms with E-state index in [4.69, 9.17) is 0 Å². The van der Waals surface area contributed by atoms with Crippen molar-refractivity contribution in [3.05, 3.63) is 29.8 Å². The Kier molecular flexibility index (Phi) is 8.60. The van der Waals surface area contributed by atoms with E-state index in [9.17, 15) is 22.1 Å². The molecule has 146 valence electrons. The molecule has 0 heterocycles. The molecule has 26 heavy (non-hydrogen) atoms. The predicted octanol–water partition coefficient (Wildman–Crippen LogP) is 6.57. The molecule has 0 aliphatic heterocycles. The van der Waals surface area contributed by atoms with E-state index in [1.165, 1.54) is 69.5 Å². The summed E-state index contributed by atoms with van der Waals surface area (Å²) in [6.07, 6.45) is 15.1. The molecule has 1 aromatic rings. The molecular formula is C19H27BF4OP-. The topological polar surface area (TPSA) is 17.1 Å². The molecule has 0 amide bonds. The van der Waals surface area contributed by atoms with Crippen LogP contribution >= 0.6 is 7.92 Å². The monoisotopic (exact) mass is 389 g/mol. The van der Waals surface area contributed by atoms with Gasteiger partial charge < -0.3 is 17.3 Å². The Labute approximate surface area is 154 Å². The van der Waals surface area contributed by atoms with E-state index in [0.29, 0.717) is 0 Å². The zero-order valence-electron chi connectivity index (χ0n) is 15.1. The average molecular weight is 389 g/mol. The molecule has 0 spiro atoms. The number of rotatable bonds is 4. The van der Waals surface area contributed by atoms with E-state index in [1.54, 1.807) is 0 Å². The van der Waals surface area contributed by atoms with Gasteiger partial charge in [0.1, 0.15) is 0 Å². The molecule has 2 saturated carbocycles. The van der Waals surface area contributed by atoms with Gasteiger partial charge >= 0.3 is 7.25 Å². The number of benzene rings is 1. The molecule has 0 unspecified atom stereocenters. The largest absolute Gasteiger partial charge is 0.673 e. The number of hydrogen-bond donors (Lipinski definition) is 0. The number of hydrogen-bond acceptors (Lipinski definition) is 1. The molecule has 2 fully saturated rings. The quantitative estimate of drug-likeness (QED) is 0.246. The Bertz CT molecular complexity index is 531. The van der Waals surface area contributed by atoms with Crippen LogP contribution in [-0.2, 0) is 0 Å². The second-order valence-electron chi connectivity index (χ2n) is 7.16. The molecule has 0 bridgehead atoms. The van der Waals surface area contributed by atoms with Crippen LogP contribution in [-0.4, -0.2) is 24.9 Å². The molecule has 1 aromatic carbocycles. The Balaban J connectivity index is 0.000000431. The highest BCUT2D eigenvalue weighted by Gasteiger charge is 2.33. The Morgan fingerprint density at radius 3 is 1.65 bits per heavy atom. The molecule has 2 aliphatic carbocycles. The lowest BCUT2D eigenvalue weighted by atomic mass is 9.99. The van der Waals surface area contributed by atoms with Gasteiger partial charge in [0.05, 0.1) is 0 Å². The van der Waals surface area contributed by atoms with Crippen molar-refractivity contribution in [1.29, 1.82) is 0 Å². The minimum absolute atomic E-state index is 0.150. The van der Waals surface area contributed by atoms with E-state index in [1.807, 2.05) is 12.1 Å². The van der Waals surface area contributed by atoms with Gasteiger partial charge in [-0.25, -0.2) is 0 Å². The summed E-state index contributed by atoms with van der Waals surface area (Å²) in [4.78, 5) is 11.5. The van der Waals surface area contributed by atoms with Crippen molar-refractivity contribution in [1.82, 2.24) is 0 Å².